The molecule has 9 heteroatoms. The van der Waals surface area contributed by atoms with Gasteiger partial charge in [-0.1, -0.05) is 15.9 Å². The summed E-state index contributed by atoms with van der Waals surface area (Å²) in [6.45, 7) is 0. The standard InChI is InChI=1S/C24H20BrN3O5/c1-31-19-10-14(11-20(32-2)21(19)33-3)22-27-18-9-8-16(12-17(18)24(30)28-22)26-23(29)13-4-6-15(25)7-5-13/h4-12H,1-3H3,(H,26,29)(H,27,28,30). The Morgan fingerprint density at radius 3 is 2.21 bits per heavy atom. The van der Waals surface area contributed by atoms with Gasteiger partial charge in [-0.15, -0.1) is 0 Å². The minimum Gasteiger partial charge on any atom is -0.493 e. The number of H-pyrrole nitrogens is 1. The molecule has 0 bridgehead atoms. The van der Waals surface area contributed by atoms with Crippen LogP contribution in [0.25, 0.3) is 22.3 Å². The van der Waals surface area contributed by atoms with Crippen molar-refractivity contribution in [2.75, 3.05) is 26.6 Å². The summed E-state index contributed by atoms with van der Waals surface area (Å²) >= 11 is 3.35. The van der Waals surface area contributed by atoms with E-state index in [1.807, 2.05) is 0 Å². The first-order chi connectivity index (χ1) is 15.9. The number of ether oxygens (including phenoxy) is 3. The number of carbonyl (C=O) groups is 1. The topological polar surface area (TPSA) is 103 Å². The summed E-state index contributed by atoms with van der Waals surface area (Å²) in [5.41, 5.74) is 1.72. The minimum absolute atomic E-state index is 0.278. The average Bonchev–Trinajstić information content (AvgIpc) is 2.83. The molecule has 33 heavy (non-hydrogen) atoms. The van der Waals surface area contributed by atoms with E-state index in [0.29, 0.717) is 50.8 Å². The maximum atomic E-state index is 12.8. The number of hydrogen-bond acceptors (Lipinski definition) is 6. The third-order valence-corrected chi connectivity index (χ3v) is 5.54. The van der Waals surface area contributed by atoms with E-state index in [1.54, 1.807) is 54.6 Å². The average molecular weight is 510 g/mol. The number of aromatic nitrogens is 2. The normalized spacial score (nSPS) is 10.7. The van der Waals surface area contributed by atoms with Crippen LogP contribution in [-0.4, -0.2) is 37.2 Å². The van der Waals surface area contributed by atoms with Crippen LogP contribution in [0.4, 0.5) is 5.69 Å². The van der Waals surface area contributed by atoms with Gasteiger partial charge in [-0.3, -0.25) is 9.59 Å². The molecule has 168 valence electrons. The van der Waals surface area contributed by atoms with E-state index in [1.165, 1.54) is 21.3 Å². The zero-order chi connectivity index (χ0) is 23.5. The van der Waals surface area contributed by atoms with Crippen LogP contribution >= 0.6 is 15.9 Å². The molecule has 0 aliphatic carbocycles. The van der Waals surface area contributed by atoms with E-state index >= 15 is 0 Å². The van der Waals surface area contributed by atoms with Crippen molar-refractivity contribution in [2.24, 2.45) is 0 Å². The maximum Gasteiger partial charge on any atom is 0.259 e. The third kappa shape index (κ3) is 4.54. The SMILES string of the molecule is COc1cc(-c2nc3ccc(NC(=O)c4ccc(Br)cc4)cc3c(=O)[nH]2)cc(OC)c1OC. The fraction of sp³-hybridized carbons (Fsp3) is 0.125. The van der Waals surface area contributed by atoms with Gasteiger partial charge in [0.05, 0.1) is 32.2 Å². The molecule has 3 aromatic carbocycles. The van der Waals surface area contributed by atoms with Gasteiger partial charge in [-0.25, -0.2) is 4.98 Å². The Hall–Kier alpha value is -3.85. The molecule has 8 nitrogen and oxygen atoms in total. The molecule has 1 amide bonds. The lowest BCUT2D eigenvalue weighted by atomic mass is 10.1. The highest BCUT2D eigenvalue weighted by atomic mass is 79.9. The monoisotopic (exact) mass is 509 g/mol. The zero-order valence-corrected chi connectivity index (χ0v) is 19.6. The van der Waals surface area contributed by atoms with Gasteiger partial charge >= 0.3 is 0 Å². The van der Waals surface area contributed by atoms with Crippen molar-refractivity contribution in [3.8, 4) is 28.6 Å². The Morgan fingerprint density at radius 2 is 1.61 bits per heavy atom. The molecule has 0 aliphatic heterocycles. The van der Waals surface area contributed by atoms with Gasteiger partial charge in [0.25, 0.3) is 11.5 Å². The Balaban J connectivity index is 1.70. The zero-order valence-electron chi connectivity index (χ0n) is 18.1. The molecule has 0 radical (unpaired) electrons. The van der Waals surface area contributed by atoms with Gasteiger partial charge in [0.15, 0.2) is 11.5 Å². The van der Waals surface area contributed by atoms with Crippen molar-refractivity contribution >= 4 is 38.4 Å². The largest absolute Gasteiger partial charge is 0.493 e. The lowest BCUT2D eigenvalue weighted by Crippen LogP contribution is -2.13. The summed E-state index contributed by atoms with van der Waals surface area (Å²) < 4.78 is 17.0. The molecule has 0 atom stereocenters. The van der Waals surface area contributed by atoms with Crippen molar-refractivity contribution in [3.05, 3.63) is 75.0 Å². The second kappa shape index (κ2) is 9.33. The number of methoxy groups -OCH3 is 3. The number of fused-ring (bicyclic) bond motifs is 1. The number of halogens is 1. The second-order valence-electron chi connectivity index (χ2n) is 7.02. The van der Waals surface area contributed by atoms with Crippen molar-refractivity contribution in [2.45, 2.75) is 0 Å². The van der Waals surface area contributed by atoms with Crippen molar-refractivity contribution < 1.29 is 19.0 Å². The maximum absolute atomic E-state index is 12.8. The van der Waals surface area contributed by atoms with Crippen LogP contribution in [0.1, 0.15) is 10.4 Å². The Kier molecular flexibility index (Phi) is 6.32. The predicted octanol–water partition coefficient (Wildman–Crippen LogP) is 4.63. The van der Waals surface area contributed by atoms with E-state index in [-0.39, 0.29) is 11.5 Å². The summed E-state index contributed by atoms with van der Waals surface area (Å²) in [6.07, 6.45) is 0. The first-order valence-electron chi connectivity index (χ1n) is 9.85. The van der Waals surface area contributed by atoms with Crippen LogP contribution < -0.4 is 25.1 Å². The van der Waals surface area contributed by atoms with Crippen LogP contribution in [0, 0.1) is 0 Å². The molecule has 4 rings (SSSR count). The number of anilines is 1. The van der Waals surface area contributed by atoms with E-state index in [0.717, 1.165) is 4.47 Å². The van der Waals surface area contributed by atoms with Crippen LogP contribution in [0.15, 0.2) is 63.9 Å². The minimum atomic E-state index is -0.344. The van der Waals surface area contributed by atoms with Gasteiger partial charge in [0.2, 0.25) is 5.75 Å². The number of hydrogen-bond donors (Lipinski definition) is 2. The summed E-state index contributed by atoms with van der Waals surface area (Å²) in [5, 5.41) is 3.15. The molecule has 1 heterocycles. The molecular weight excluding hydrogens is 490 g/mol. The number of nitrogens with one attached hydrogen (secondary N) is 2. The van der Waals surface area contributed by atoms with Crippen LogP contribution in [0.5, 0.6) is 17.2 Å². The van der Waals surface area contributed by atoms with Gasteiger partial charge < -0.3 is 24.5 Å². The number of carbonyl (C=O) groups excluding carboxylic acids is 1. The Morgan fingerprint density at radius 1 is 0.939 bits per heavy atom. The number of amides is 1. The van der Waals surface area contributed by atoms with Crippen LogP contribution in [0.2, 0.25) is 0 Å². The molecule has 0 saturated heterocycles. The molecule has 4 aromatic rings. The first kappa shape index (κ1) is 22.3. The fourth-order valence-corrected chi connectivity index (χ4v) is 3.64. The smallest absolute Gasteiger partial charge is 0.259 e. The molecule has 0 unspecified atom stereocenters. The summed E-state index contributed by atoms with van der Waals surface area (Å²) in [4.78, 5) is 32.7. The fourth-order valence-electron chi connectivity index (χ4n) is 3.38. The number of benzene rings is 3. The molecule has 1 aromatic heterocycles. The molecular formula is C24H20BrN3O5. The van der Waals surface area contributed by atoms with Crippen molar-refractivity contribution in [1.82, 2.24) is 9.97 Å². The van der Waals surface area contributed by atoms with Crippen molar-refractivity contribution in [1.29, 1.82) is 0 Å². The number of nitrogens with zero attached hydrogens (tertiary/aromatic N) is 1. The summed E-state index contributed by atoms with van der Waals surface area (Å²) in [6, 6.07) is 15.4. The van der Waals surface area contributed by atoms with Crippen LogP contribution in [-0.2, 0) is 0 Å². The molecule has 2 N–H and O–H groups in total. The second-order valence-corrected chi connectivity index (χ2v) is 7.94. The summed E-state index contributed by atoms with van der Waals surface area (Å²) in [7, 11) is 4.55. The van der Waals surface area contributed by atoms with Gasteiger partial charge in [-0.2, -0.15) is 0 Å². The van der Waals surface area contributed by atoms with E-state index in [9.17, 15) is 9.59 Å². The van der Waals surface area contributed by atoms with E-state index in [4.69, 9.17) is 14.2 Å². The van der Waals surface area contributed by atoms with Gasteiger partial charge in [0.1, 0.15) is 5.82 Å². The molecule has 0 spiro atoms. The number of aromatic amines is 1. The van der Waals surface area contributed by atoms with Crippen molar-refractivity contribution in [3.63, 3.8) is 0 Å². The first-order valence-corrected chi connectivity index (χ1v) is 10.6. The van der Waals surface area contributed by atoms with Crippen LogP contribution in [0.3, 0.4) is 0 Å². The molecule has 0 aliphatic rings. The van der Waals surface area contributed by atoms with Gasteiger partial charge in [0, 0.05) is 21.3 Å². The highest BCUT2D eigenvalue weighted by molar-refractivity contribution is 9.10. The third-order valence-electron chi connectivity index (χ3n) is 5.01. The van der Waals surface area contributed by atoms with Gasteiger partial charge in [-0.05, 0) is 54.6 Å². The lowest BCUT2D eigenvalue weighted by Gasteiger charge is -2.14. The lowest BCUT2D eigenvalue weighted by molar-refractivity contribution is 0.102. The van der Waals surface area contributed by atoms with E-state index < -0.39 is 0 Å². The highest BCUT2D eigenvalue weighted by Crippen LogP contribution is 2.40. The predicted molar refractivity (Wildman–Crippen MR) is 130 cm³/mol. The number of rotatable bonds is 6. The quantitative estimate of drug-likeness (QED) is 0.392. The van der Waals surface area contributed by atoms with E-state index in [2.05, 4.69) is 31.2 Å². The highest BCUT2D eigenvalue weighted by Gasteiger charge is 2.16. The Labute approximate surface area is 197 Å². The summed E-state index contributed by atoms with van der Waals surface area (Å²) in [5.74, 6) is 1.40. The Bertz CT molecular complexity index is 1370. The molecule has 0 saturated carbocycles. The molecule has 0 fully saturated rings.